The lowest BCUT2D eigenvalue weighted by molar-refractivity contribution is -0.117. The van der Waals surface area contributed by atoms with Crippen LogP contribution in [0.15, 0.2) is 48.5 Å². The Morgan fingerprint density at radius 1 is 1.04 bits per heavy atom. The zero-order valence-electron chi connectivity index (χ0n) is 13.0. The molecule has 0 saturated heterocycles. The molecule has 0 heterocycles. The number of hydrogen-bond donors (Lipinski definition) is 2. The summed E-state index contributed by atoms with van der Waals surface area (Å²) < 4.78 is 37.6. The Morgan fingerprint density at radius 2 is 1.62 bits per heavy atom. The first kappa shape index (κ1) is 16.4. The smallest absolute Gasteiger partial charge is 0.229 e. The molecule has 1 saturated carbocycles. The number of benzene rings is 2. The van der Waals surface area contributed by atoms with E-state index in [1.807, 2.05) is 0 Å². The van der Waals surface area contributed by atoms with Gasteiger partial charge < -0.3 is 5.32 Å². The summed E-state index contributed by atoms with van der Waals surface area (Å²) in [6, 6.07) is 12.7. The molecule has 5 nitrogen and oxygen atoms in total. The van der Waals surface area contributed by atoms with Gasteiger partial charge in [0.2, 0.25) is 15.9 Å². The summed E-state index contributed by atoms with van der Waals surface area (Å²) in [5.74, 6) is -0.377. The number of sulfonamides is 1. The van der Waals surface area contributed by atoms with Gasteiger partial charge in [-0.15, -0.1) is 0 Å². The fourth-order valence-electron chi connectivity index (χ4n) is 2.63. The molecule has 1 aliphatic carbocycles. The highest BCUT2D eigenvalue weighted by atomic mass is 32.2. The molecule has 0 aliphatic heterocycles. The van der Waals surface area contributed by atoms with E-state index in [4.69, 9.17) is 0 Å². The number of amides is 1. The largest absolute Gasteiger partial charge is 0.326 e. The number of carbonyl (C=O) groups excluding carboxylic acids is 1. The Bertz CT molecular complexity index is 848. The van der Waals surface area contributed by atoms with Gasteiger partial charge in [0.25, 0.3) is 0 Å². The minimum atomic E-state index is -3.32. The summed E-state index contributed by atoms with van der Waals surface area (Å²) in [4.78, 5) is 12.2. The van der Waals surface area contributed by atoms with Crippen LogP contribution in [0.2, 0.25) is 0 Å². The van der Waals surface area contributed by atoms with E-state index in [1.54, 1.807) is 36.4 Å². The zero-order valence-corrected chi connectivity index (χ0v) is 13.8. The van der Waals surface area contributed by atoms with Gasteiger partial charge in [0.05, 0.1) is 6.26 Å². The number of anilines is 2. The minimum Gasteiger partial charge on any atom is -0.326 e. The van der Waals surface area contributed by atoms with Crippen molar-refractivity contribution >= 4 is 27.3 Å². The second kappa shape index (κ2) is 6.24. The maximum Gasteiger partial charge on any atom is 0.229 e. The number of carbonyl (C=O) groups is 1. The first-order valence-corrected chi connectivity index (χ1v) is 9.35. The normalized spacial score (nSPS) is 19.6. The van der Waals surface area contributed by atoms with Crippen LogP contribution < -0.4 is 10.0 Å². The van der Waals surface area contributed by atoms with E-state index in [-0.39, 0.29) is 23.6 Å². The van der Waals surface area contributed by atoms with Crippen molar-refractivity contribution in [2.75, 3.05) is 16.3 Å². The molecule has 0 unspecified atom stereocenters. The van der Waals surface area contributed by atoms with Gasteiger partial charge in [-0.05, 0) is 54.3 Å². The molecular formula is C17H17FN2O3S. The first-order chi connectivity index (χ1) is 11.3. The molecule has 0 spiro atoms. The van der Waals surface area contributed by atoms with Crippen LogP contribution in [0.25, 0.3) is 0 Å². The van der Waals surface area contributed by atoms with E-state index < -0.39 is 10.0 Å². The fraction of sp³-hybridized carbons (Fsp3) is 0.235. The molecule has 0 aromatic heterocycles. The standard InChI is InChI=1S/C17H17FN2O3S/c1-24(22,23)20-14-8-6-13(7-9-14)19-17(21)16-10-15(16)11-2-4-12(18)5-3-11/h2-9,15-16,20H,10H2,1H3,(H,19,21)/t15-,16-/m1/s1. The van der Waals surface area contributed by atoms with Crippen molar-refractivity contribution in [2.24, 2.45) is 5.92 Å². The minimum absolute atomic E-state index is 0.0897. The average Bonchev–Trinajstić information content (AvgIpc) is 3.29. The molecule has 3 rings (SSSR count). The van der Waals surface area contributed by atoms with Crippen LogP contribution in [0, 0.1) is 11.7 Å². The molecule has 0 bridgehead atoms. The van der Waals surface area contributed by atoms with Crippen molar-refractivity contribution in [3.05, 3.63) is 59.9 Å². The van der Waals surface area contributed by atoms with Gasteiger partial charge in [0, 0.05) is 17.3 Å². The topological polar surface area (TPSA) is 75.3 Å². The van der Waals surface area contributed by atoms with Crippen molar-refractivity contribution in [1.29, 1.82) is 0 Å². The number of halogens is 1. The van der Waals surface area contributed by atoms with Gasteiger partial charge in [-0.3, -0.25) is 9.52 Å². The van der Waals surface area contributed by atoms with Gasteiger partial charge in [-0.1, -0.05) is 12.1 Å². The molecule has 126 valence electrons. The van der Waals surface area contributed by atoms with Crippen molar-refractivity contribution in [1.82, 2.24) is 0 Å². The van der Waals surface area contributed by atoms with Crippen molar-refractivity contribution in [2.45, 2.75) is 12.3 Å². The molecule has 2 atom stereocenters. The third kappa shape index (κ3) is 4.11. The van der Waals surface area contributed by atoms with Gasteiger partial charge in [0.15, 0.2) is 0 Å². The Hall–Kier alpha value is -2.41. The van der Waals surface area contributed by atoms with Crippen LogP contribution in [0.1, 0.15) is 17.9 Å². The van der Waals surface area contributed by atoms with Crippen LogP contribution in [-0.2, 0) is 14.8 Å². The second-order valence-corrected chi connectivity index (χ2v) is 7.69. The SMILES string of the molecule is CS(=O)(=O)Nc1ccc(NC(=O)[C@@H]2C[C@@H]2c2ccc(F)cc2)cc1. The Morgan fingerprint density at radius 3 is 2.21 bits per heavy atom. The van der Waals surface area contributed by atoms with E-state index in [0.717, 1.165) is 18.2 Å². The lowest BCUT2D eigenvalue weighted by atomic mass is 10.1. The van der Waals surface area contributed by atoms with Crippen LogP contribution >= 0.6 is 0 Å². The monoisotopic (exact) mass is 348 g/mol. The molecule has 1 fully saturated rings. The molecule has 24 heavy (non-hydrogen) atoms. The lowest BCUT2D eigenvalue weighted by Gasteiger charge is -2.07. The van der Waals surface area contributed by atoms with Gasteiger partial charge in [-0.25, -0.2) is 12.8 Å². The Balaban J connectivity index is 1.59. The molecule has 1 aliphatic rings. The fourth-order valence-corrected chi connectivity index (χ4v) is 3.20. The van der Waals surface area contributed by atoms with Crippen LogP contribution in [0.5, 0.6) is 0 Å². The highest BCUT2D eigenvalue weighted by Crippen LogP contribution is 2.48. The van der Waals surface area contributed by atoms with Crippen LogP contribution in [0.3, 0.4) is 0 Å². The van der Waals surface area contributed by atoms with Gasteiger partial charge in [-0.2, -0.15) is 0 Å². The van der Waals surface area contributed by atoms with E-state index in [0.29, 0.717) is 11.4 Å². The van der Waals surface area contributed by atoms with Crippen LogP contribution in [-0.4, -0.2) is 20.6 Å². The van der Waals surface area contributed by atoms with Crippen molar-refractivity contribution in [3.63, 3.8) is 0 Å². The molecule has 2 aromatic rings. The van der Waals surface area contributed by atoms with E-state index in [1.165, 1.54) is 12.1 Å². The summed E-state index contributed by atoms with van der Waals surface area (Å²) >= 11 is 0. The molecular weight excluding hydrogens is 331 g/mol. The number of rotatable bonds is 5. The number of hydrogen-bond acceptors (Lipinski definition) is 3. The average molecular weight is 348 g/mol. The molecule has 1 amide bonds. The summed E-state index contributed by atoms with van der Waals surface area (Å²) in [5, 5.41) is 2.81. The van der Waals surface area contributed by atoms with Crippen molar-refractivity contribution < 1.29 is 17.6 Å². The quantitative estimate of drug-likeness (QED) is 0.872. The summed E-state index contributed by atoms with van der Waals surface area (Å²) in [5.41, 5.74) is 2.00. The molecule has 0 radical (unpaired) electrons. The van der Waals surface area contributed by atoms with Gasteiger partial charge >= 0.3 is 0 Å². The van der Waals surface area contributed by atoms with Crippen molar-refractivity contribution in [3.8, 4) is 0 Å². The Labute approximate surface area is 139 Å². The second-order valence-electron chi connectivity index (χ2n) is 5.94. The lowest BCUT2D eigenvalue weighted by Crippen LogP contribution is -2.14. The number of nitrogens with one attached hydrogen (secondary N) is 2. The maximum absolute atomic E-state index is 12.9. The third-order valence-electron chi connectivity index (χ3n) is 3.88. The predicted molar refractivity (Wildman–Crippen MR) is 90.8 cm³/mol. The summed E-state index contributed by atoms with van der Waals surface area (Å²) in [6.45, 7) is 0. The molecule has 2 N–H and O–H groups in total. The van der Waals surface area contributed by atoms with E-state index in [9.17, 15) is 17.6 Å². The highest BCUT2D eigenvalue weighted by Gasteiger charge is 2.43. The van der Waals surface area contributed by atoms with Crippen LogP contribution in [0.4, 0.5) is 15.8 Å². The van der Waals surface area contributed by atoms with E-state index in [2.05, 4.69) is 10.0 Å². The third-order valence-corrected chi connectivity index (χ3v) is 4.49. The maximum atomic E-state index is 12.9. The Kier molecular flexibility index (Phi) is 4.28. The first-order valence-electron chi connectivity index (χ1n) is 7.46. The molecule has 2 aromatic carbocycles. The highest BCUT2D eigenvalue weighted by molar-refractivity contribution is 7.92. The molecule has 7 heteroatoms. The van der Waals surface area contributed by atoms with E-state index >= 15 is 0 Å². The van der Waals surface area contributed by atoms with Gasteiger partial charge in [0.1, 0.15) is 5.82 Å². The zero-order chi connectivity index (χ0) is 17.3. The summed E-state index contributed by atoms with van der Waals surface area (Å²) in [6.07, 6.45) is 1.82. The predicted octanol–water partition coefficient (Wildman–Crippen LogP) is 2.94. The summed E-state index contributed by atoms with van der Waals surface area (Å²) in [7, 11) is -3.32.